The summed E-state index contributed by atoms with van der Waals surface area (Å²) in [4.78, 5) is 43.8. The highest BCUT2D eigenvalue weighted by molar-refractivity contribution is 7.07. The van der Waals surface area contributed by atoms with E-state index in [2.05, 4.69) is 10.3 Å². The third kappa shape index (κ3) is 2.82. The Labute approximate surface area is 174 Å². The third-order valence-electron chi connectivity index (χ3n) is 5.18. The van der Waals surface area contributed by atoms with Gasteiger partial charge in [-0.2, -0.15) is 0 Å². The van der Waals surface area contributed by atoms with Crippen LogP contribution in [0.15, 0.2) is 52.3 Å². The highest BCUT2D eigenvalue weighted by atomic mass is 32.1. The van der Waals surface area contributed by atoms with Crippen molar-refractivity contribution in [3.05, 3.63) is 78.8 Å². The number of nitrogens with zero attached hydrogens (tertiary/aromatic N) is 3. The lowest BCUT2D eigenvalue weighted by Crippen LogP contribution is -2.43. The van der Waals surface area contributed by atoms with E-state index in [1.54, 1.807) is 16.7 Å². The zero-order valence-corrected chi connectivity index (χ0v) is 16.7. The van der Waals surface area contributed by atoms with Gasteiger partial charge in [0.05, 0.1) is 11.1 Å². The van der Waals surface area contributed by atoms with Gasteiger partial charge in [0.2, 0.25) is 0 Å². The largest absolute Gasteiger partial charge is 0.478 e. The first-order valence-corrected chi connectivity index (χ1v) is 10.0. The summed E-state index contributed by atoms with van der Waals surface area (Å²) in [5.41, 5.74) is 3.53. The summed E-state index contributed by atoms with van der Waals surface area (Å²) >= 11 is 1.22. The van der Waals surface area contributed by atoms with Crippen molar-refractivity contribution in [1.82, 2.24) is 4.57 Å². The van der Waals surface area contributed by atoms with E-state index < -0.39 is 5.97 Å². The standard InChI is InChI=1S/C21H16N4O4S/c1-11-2-7-15-14(8-11)16(18(26)23-15)17-19(27)25-10-24(9-22-21(25)30-17)13-5-3-12(4-6-13)20(28)29/h2-8H,9-10H2,1H3,(H,23,26)(H,28,29)/b17-16-. The number of amides is 1. The first kappa shape index (κ1) is 18.3. The van der Waals surface area contributed by atoms with Gasteiger partial charge >= 0.3 is 5.97 Å². The average Bonchev–Trinajstić information content (AvgIpc) is 3.23. The number of benzene rings is 2. The molecule has 8 nitrogen and oxygen atoms in total. The Kier molecular flexibility index (Phi) is 4.07. The number of aryl methyl sites for hydroxylation is 1. The number of aromatic carboxylic acids is 1. The minimum Gasteiger partial charge on any atom is -0.478 e. The van der Waals surface area contributed by atoms with Gasteiger partial charge in [-0.25, -0.2) is 9.79 Å². The second-order valence-corrected chi connectivity index (χ2v) is 8.14. The highest BCUT2D eigenvalue weighted by Gasteiger charge is 2.28. The summed E-state index contributed by atoms with van der Waals surface area (Å²) in [6, 6.07) is 12.1. The molecule has 30 heavy (non-hydrogen) atoms. The van der Waals surface area contributed by atoms with Gasteiger partial charge in [-0.1, -0.05) is 23.0 Å². The van der Waals surface area contributed by atoms with E-state index in [1.807, 2.05) is 30.0 Å². The van der Waals surface area contributed by atoms with Gasteiger partial charge in [-0.15, -0.1) is 0 Å². The normalized spacial score (nSPS) is 16.6. The summed E-state index contributed by atoms with van der Waals surface area (Å²) in [6.45, 7) is 2.55. The molecule has 0 bridgehead atoms. The SMILES string of the molecule is Cc1ccc2c(c1)/C(=c1/sc3n(c1=O)CN(c1ccc(C(=O)O)cc1)CN=3)C(=O)N2. The van der Waals surface area contributed by atoms with Gasteiger partial charge < -0.3 is 15.3 Å². The molecule has 0 spiro atoms. The Hall–Kier alpha value is -3.72. The summed E-state index contributed by atoms with van der Waals surface area (Å²) in [7, 11) is 0. The Morgan fingerprint density at radius 2 is 1.93 bits per heavy atom. The second kappa shape index (κ2) is 6.67. The van der Waals surface area contributed by atoms with E-state index in [4.69, 9.17) is 5.11 Å². The van der Waals surface area contributed by atoms with E-state index in [0.29, 0.717) is 27.3 Å². The van der Waals surface area contributed by atoms with Crippen LogP contribution in [-0.4, -0.2) is 28.2 Å². The summed E-state index contributed by atoms with van der Waals surface area (Å²) in [5.74, 6) is -1.28. The molecule has 0 atom stereocenters. The molecule has 9 heteroatoms. The molecule has 1 amide bonds. The van der Waals surface area contributed by atoms with Gasteiger partial charge in [0.1, 0.15) is 17.9 Å². The Morgan fingerprint density at radius 1 is 1.17 bits per heavy atom. The van der Waals surface area contributed by atoms with Crippen molar-refractivity contribution >= 4 is 40.2 Å². The van der Waals surface area contributed by atoms with Crippen LogP contribution in [0.25, 0.3) is 5.57 Å². The predicted molar refractivity (Wildman–Crippen MR) is 112 cm³/mol. The van der Waals surface area contributed by atoms with Crippen molar-refractivity contribution in [3.63, 3.8) is 0 Å². The molecule has 0 aliphatic carbocycles. The Morgan fingerprint density at radius 3 is 2.67 bits per heavy atom. The highest BCUT2D eigenvalue weighted by Crippen LogP contribution is 2.30. The number of hydrogen-bond acceptors (Lipinski definition) is 6. The summed E-state index contributed by atoms with van der Waals surface area (Å²) in [6.07, 6.45) is 0. The van der Waals surface area contributed by atoms with Crippen molar-refractivity contribution in [2.45, 2.75) is 13.6 Å². The number of carbonyl (C=O) groups excluding carboxylic acids is 1. The molecule has 3 heterocycles. The second-order valence-electron chi connectivity index (χ2n) is 7.16. The van der Waals surface area contributed by atoms with Crippen LogP contribution in [0.4, 0.5) is 11.4 Å². The first-order valence-electron chi connectivity index (χ1n) is 9.21. The number of carboxylic acids is 1. The van der Waals surface area contributed by atoms with Crippen LogP contribution in [0.1, 0.15) is 21.5 Å². The fraction of sp³-hybridized carbons (Fsp3) is 0.143. The lowest BCUT2D eigenvalue weighted by atomic mass is 10.1. The van der Waals surface area contributed by atoms with Crippen molar-refractivity contribution in [2.75, 3.05) is 16.9 Å². The average molecular weight is 420 g/mol. The third-order valence-corrected chi connectivity index (χ3v) is 6.29. The van der Waals surface area contributed by atoms with E-state index in [1.165, 1.54) is 23.5 Å². The van der Waals surface area contributed by atoms with Crippen LogP contribution < -0.4 is 25.1 Å². The maximum atomic E-state index is 13.2. The molecule has 5 rings (SSSR count). The number of anilines is 2. The van der Waals surface area contributed by atoms with Crippen LogP contribution in [0, 0.1) is 6.92 Å². The summed E-state index contributed by atoms with van der Waals surface area (Å²) in [5, 5.41) is 11.9. The smallest absolute Gasteiger partial charge is 0.335 e. The predicted octanol–water partition coefficient (Wildman–Crippen LogP) is 1.12. The maximum absolute atomic E-state index is 13.2. The van der Waals surface area contributed by atoms with Crippen molar-refractivity contribution < 1.29 is 14.7 Å². The van der Waals surface area contributed by atoms with E-state index in [9.17, 15) is 14.4 Å². The molecule has 2 aliphatic rings. The lowest BCUT2D eigenvalue weighted by Gasteiger charge is -2.25. The maximum Gasteiger partial charge on any atom is 0.335 e. The summed E-state index contributed by atoms with van der Waals surface area (Å²) < 4.78 is 1.92. The molecule has 3 aromatic rings. The number of aromatic nitrogens is 1. The van der Waals surface area contributed by atoms with E-state index in [-0.39, 0.29) is 23.7 Å². The fourth-order valence-electron chi connectivity index (χ4n) is 3.65. The first-order chi connectivity index (χ1) is 14.4. The van der Waals surface area contributed by atoms with Crippen LogP contribution in [0.2, 0.25) is 0 Å². The van der Waals surface area contributed by atoms with Crippen molar-refractivity contribution in [1.29, 1.82) is 0 Å². The van der Waals surface area contributed by atoms with Gasteiger partial charge in [-0.3, -0.25) is 14.2 Å². The monoisotopic (exact) mass is 420 g/mol. The molecule has 2 aromatic carbocycles. The van der Waals surface area contributed by atoms with Crippen molar-refractivity contribution in [2.24, 2.45) is 4.99 Å². The van der Waals surface area contributed by atoms with Gasteiger partial charge in [0.15, 0.2) is 4.80 Å². The minimum absolute atomic E-state index is 0.195. The molecule has 0 saturated carbocycles. The van der Waals surface area contributed by atoms with Crippen LogP contribution >= 0.6 is 11.3 Å². The molecule has 0 radical (unpaired) electrons. The topological polar surface area (TPSA) is 104 Å². The molecule has 1 aromatic heterocycles. The lowest BCUT2D eigenvalue weighted by molar-refractivity contribution is -0.110. The Bertz CT molecular complexity index is 1400. The number of fused-ring (bicyclic) bond motifs is 2. The molecular formula is C21H16N4O4S. The molecule has 150 valence electrons. The zero-order chi connectivity index (χ0) is 21.0. The van der Waals surface area contributed by atoms with Gasteiger partial charge in [0, 0.05) is 16.9 Å². The van der Waals surface area contributed by atoms with Gasteiger partial charge in [0.25, 0.3) is 11.5 Å². The molecule has 2 N–H and O–H groups in total. The molecule has 2 aliphatic heterocycles. The van der Waals surface area contributed by atoms with Gasteiger partial charge in [-0.05, 0) is 43.3 Å². The molecular weight excluding hydrogens is 404 g/mol. The van der Waals surface area contributed by atoms with E-state index >= 15 is 0 Å². The van der Waals surface area contributed by atoms with Crippen LogP contribution in [0.3, 0.4) is 0 Å². The van der Waals surface area contributed by atoms with E-state index in [0.717, 1.165) is 16.8 Å². The zero-order valence-electron chi connectivity index (χ0n) is 15.9. The quantitative estimate of drug-likeness (QED) is 0.647. The molecule has 0 saturated heterocycles. The minimum atomic E-state index is -0.992. The Balaban J connectivity index is 1.59. The number of hydrogen-bond donors (Lipinski definition) is 2. The number of thiazole rings is 1. The van der Waals surface area contributed by atoms with Crippen LogP contribution in [0.5, 0.6) is 0 Å². The molecule has 0 fully saturated rings. The number of rotatable bonds is 2. The molecule has 0 unspecified atom stereocenters. The van der Waals surface area contributed by atoms with Crippen molar-refractivity contribution in [3.8, 4) is 0 Å². The number of carbonyl (C=O) groups is 2. The van der Waals surface area contributed by atoms with Crippen LogP contribution in [-0.2, 0) is 11.5 Å². The number of carboxylic acid groups (broad SMARTS) is 1. The number of nitrogens with one attached hydrogen (secondary N) is 1. The fourth-order valence-corrected chi connectivity index (χ4v) is 4.70.